The molecule has 198 valence electrons. The van der Waals surface area contributed by atoms with Gasteiger partial charge < -0.3 is 24.4 Å². The van der Waals surface area contributed by atoms with Gasteiger partial charge in [0.05, 0.1) is 18.7 Å². The Morgan fingerprint density at radius 1 is 0.974 bits per heavy atom. The van der Waals surface area contributed by atoms with E-state index in [0.29, 0.717) is 42.3 Å². The minimum Gasteiger partial charge on any atom is -0.507 e. The van der Waals surface area contributed by atoms with Crippen molar-refractivity contribution in [3.8, 4) is 11.5 Å². The third kappa shape index (κ3) is 5.58. The summed E-state index contributed by atoms with van der Waals surface area (Å²) < 4.78 is 11.6. The highest BCUT2D eigenvalue weighted by molar-refractivity contribution is 6.46. The Morgan fingerprint density at radius 3 is 2.39 bits per heavy atom. The summed E-state index contributed by atoms with van der Waals surface area (Å²) in [6, 6.07) is 20.1. The second-order valence-corrected chi connectivity index (χ2v) is 9.80. The lowest BCUT2D eigenvalue weighted by molar-refractivity contribution is -0.140. The molecule has 0 saturated carbocycles. The van der Waals surface area contributed by atoms with Gasteiger partial charge >= 0.3 is 0 Å². The van der Waals surface area contributed by atoms with Crippen LogP contribution >= 0.6 is 0 Å². The fraction of sp³-hybridized carbons (Fsp3) is 0.290. The molecule has 4 rings (SSSR count). The lowest BCUT2D eigenvalue weighted by Gasteiger charge is -2.27. The van der Waals surface area contributed by atoms with Crippen molar-refractivity contribution in [2.24, 2.45) is 0 Å². The van der Waals surface area contributed by atoms with Crippen LogP contribution in [0.5, 0.6) is 11.5 Å². The number of aryl methyl sites for hydroxylation is 2. The zero-order valence-electron chi connectivity index (χ0n) is 22.5. The van der Waals surface area contributed by atoms with Gasteiger partial charge in [-0.2, -0.15) is 0 Å². The highest BCUT2D eigenvalue weighted by Gasteiger charge is 2.46. The van der Waals surface area contributed by atoms with E-state index in [1.165, 1.54) is 4.90 Å². The first-order valence-electron chi connectivity index (χ1n) is 12.6. The molecule has 3 aromatic carbocycles. The summed E-state index contributed by atoms with van der Waals surface area (Å²) >= 11 is 0. The van der Waals surface area contributed by atoms with Crippen LogP contribution in [-0.4, -0.2) is 60.9 Å². The van der Waals surface area contributed by atoms with Crippen LogP contribution in [0.2, 0.25) is 0 Å². The Kier molecular flexibility index (Phi) is 8.17. The number of aliphatic hydroxyl groups excluding tert-OH is 1. The SMILES string of the molecule is COc1cc(C2/C(=C(\O)c3cc(C)ccc3C)C(=O)C(=O)N2CCN(C)C)ccc1OCc1ccccc1. The first-order valence-corrected chi connectivity index (χ1v) is 12.6. The largest absolute Gasteiger partial charge is 0.507 e. The number of hydrogen-bond donors (Lipinski definition) is 1. The van der Waals surface area contributed by atoms with E-state index in [0.717, 1.165) is 16.7 Å². The molecular weight excluding hydrogens is 480 g/mol. The van der Waals surface area contributed by atoms with E-state index < -0.39 is 17.7 Å². The molecule has 1 atom stereocenters. The monoisotopic (exact) mass is 514 g/mol. The third-order valence-electron chi connectivity index (χ3n) is 6.72. The van der Waals surface area contributed by atoms with Gasteiger partial charge in [0.15, 0.2) is 11.5 Å². The fourth-order valence-electron chi connectivity index (χ4n) is 4.61. The Bertz CT molecular complexity index is 1360. The van der Waals surface area contributed by atoms with Gasteiger partial charge in [-0.15, -0.1) is 0 Å². The van der Waals surface area contributed by atoms with Crippen LogP contribution in [0.3, 0.4) is 0 Å². The molecule has 1 aliphatic rings. The van der Waals surface area contributed by atoms with E-state index in [1.54, 1.807) is 19.2 Å². The third-order valence-corrected chi connectivity index (χ3v) is 6.72. The average molecular weight is 515 g/mol. The molecule has 1 unspecified atom stereocenters. The van der Waals surface area contributed by atoms with Gasteiger partial charge in [-0.3, -0.25) is 9.59 Å². The van der Waals surface area contributed by atoms with E-state index in [4.69, 9.17) is 9.47 Å². The molecule has 1 amide bonds. The van der Waals surface area contributed by atoms with Gasteiger partial charge in [-0.25, -0.2) is 0 Å². The maximum Gasteiger partial charge on any atom is 0.295 e. The highest BCUT2D eigenvalue weighted by Crippen LogP contribution is 2.42. The number of Topliss-reactive ketones (excluding diaryl/α,β-unsaturated/α-hetero) is 1. The van der Waals surface area contributed by atoms with Crippen molar-refractivity contribution in [3.63, 3.8) is 0 Å². The molecule has 1 heterocycles. The summed E-state index contributed by atoms with van der Waals surface area (Å²) in [5, 5.41) is 11.4. The maximum absolute atomic E-state index is 13.4. The predicted molar refractivity (Wildman–Crippen MR) is 147 cm³/mol. The molecule has 1 saturated heterocycles. The van der Waals surface area contributed by atoms with E-state index >= 15 is 0 Å². The maximum atomic E-state index is 13.4. The van der Waals surface area contributed by atoms with E-state index in [9.17, 15) is 14.7 Å². The number of rotatable bonds is 9. The summed E-state index contributed by atoms with van der Waals surface area (Å²) in [5.74, 6) is -0.490. The first kappa shape index (κ1) is 26.9. The Balaban J connectivity index is 1.79. The molecule has 7 heteroatoms. The number of methoxy groups -OCH3 is 1. The summed E-state index contributed by atoms with van der Waals surface area (Å²) in [5.41, 5.74) is 4.03. The van der Waals surface area contributed by atoms with Crippen LogP contribution in [0.15, 0.2) is 72.3 Å². The number of likely N-dealkylation sites (tertiary alicyclic amines) is 1. The van der Waals surface area contributed by atoms with Crippen LogP contribution in [0.25, 0.3) is 5.76 Å². The average Bonchev–Trinajstić information content (AvgIpc) is 3.17. The molecule has 3 aromatic rings. The molecule has 0 bridgehead atoms. The molecule has 7 nitrogen and oxygen atoms in total. The molecule has 0 radical (unpaired) electrons. The number of likely N-dealkylation sites (N-methyl/N-ethyl adjacent to an activating group) is 1. The Hall–Kier alpha value is -4.10. The molecule has 1 N–H and O–H groups in total. The number of carbonyl (C=O) groups is 2. The molecule has 0 aliphatic carbocycles. The number of benzene rings is 3. The minimum absolute atomic E-state index is 0.0717. The molecule has 1 aliphatic heterocycles. The lowest BCUT2D eigenvalue weighted by atomic mass is 9.93. The van der Waals surface area contributed by atoms with Crippen LogP contribution in [0, 0.1) is 13.8 Å². The van der Waals surface area contributed by atoms with Crippen LogP contribution in [0.1, 0.15) is 33.9 Å². The number of ketones is 1. The van der Waals surface area contributed by atoms with Gasteiger partial charge in [-0.05, 0) is 62.8 Å². The minimum atomic E-state index is -0.771. The quantitative estimate of drug-likeness (QED) is 0.249. The predicted octanol–water partition coefficient (Wildman–Crippen LogP) is 4.87. The van der Waals surface area contributed by atoms with Crippen molar-refractivity contribution in [2.75, 3.05) is 34.3 Å². The number of nitrogens with zero attached hydrogens (tertiary/aromatic N) is 2. The van der Waals surface area contributed by atoms with Crippen molar-refractivity contribution in [2.45, 2.75) is 26.5 Å². The van der Waals surface area contributed by atoms with Gasteiger partial charge in [0.25, 0.3) is 11.7 Å². The smallest absolute Gasteiger partial charge is 0.295 e. The molecule has 1 fully saturated rings. The zero-order chi connectivity index (χ0) is 27.4. The lowest BCUT2D eigenvalue weighted by Crippen LogP contribution is -2.35. The van der Waals surface area contributed by atoms with Gasteiger partial charge in [0.2, 0.25) is 0 Å². The number of hydrogen-bond acceptors (Lipinski definition) is 6. The van der Waals surface area contributed by atoms with Crippen molar-refractivity contribution in [1.82, 2.24) is 9.80 Å². The summed E-state index contributed by atoms with van der Waals surface area (Å²) in [7, 11) is 5.36. The van der Waals surface area contributed by atoms with Crippen molar-refractivity contribution in [1.29, 1.82) is 0 Å². The van der Waals surface area contributed by atoms with Gasteiger partial charge in [0.1, 0.15) is 12.4 Å². The standard InChI is InChI=1S/C31H34N2O5/c1-20-11-12-21(2)24(17-20)29(34)27-28(33(16-15-32(3)4)31(36)30(27)35)23-13-14-25(26(18-23)37-5)38-19-22-9-7-6-8-10-22/h6-14,17-18,28,34H,15-16,19H2,1-5H3/b29-27+. The fourth-order valence-corrected chi connectivity index (χ4v) is 4.61. The van der Waals surface area contributed by atoms with Crippen molar-refractivity contribution >= 4 is 17.4 Å². The first-order chi connectivity index (χ1) is 18.2. The van der Waals surface area contributed by atoms with E-state index in [-0.39, 0.29) is 11.3 Å². The van der Waals surface area contributed by atoms with Crippen LogP contribution in [0.4, 0.5) is 0 Å². The van der Waals surface area contributed by atoms with E-state index in [1.807, 2.05) is 87.4 Å². The van der Waals surface area contributed by atoms with E-state index in [2.05, 4.69) is 0 Å². The second kappa shape index (κ2) is 11.5. The highest BCUT2D eigenvalue weighted by atomic mass is 16.5. The molecule has 0 aromatic heterocycles. The van der Waals surface area contributed by atoms with Crippen LogP contribution in [-0.2, 0) is 16.2 Å². The summed E-state index contributed by atoms with van der Waals surface area (Å²) in [6.45, 7) is 5.03. The molecule has 0 spiro atoms. The number of carbonyl (C=O) groups excluding carboxylic acids is 2. The number of ether oxygens (including phenoxy) is 2. The summed E-state index contributed by atoms with van der Waals surface area (Å²) in [4.78, 5) is 30.1. The van der Waals surface area contributed by atoms with Crippen LogP contribution < -0.4 is 9.47 Å². The number of amides is 1. The van der Waals surface area contributed by atoms with Gasteiger partial charge in [0, 0.05) is 18.7 Å². The van der Waals surface area contributed by atoms with Crippen molar-refractivity contribution in [3.05, 3.63) is 100 Å². The molecule has 38 heavy (non-hydrogen) atoms. The Morgan fingerprint density at radius 2 is 1.71 bits per heavy atom. The normalized spacial score (nSPS) is 16.8. The number of aliphatic hydroxyl groups is 1. The zero-order valence-corrected chi connectivity index (χ0v) is 22.5. The topological polar surface area (TPSA) is 79.3 Å². The second-order valence-electron chi connectivity index (χ2n) is 9.80. The van der Waals surface area contributed by atoms with Crippen molar-refractivity contribution < 1.29 is 24.2 Å². The Labute approximate surface area is 223 Å². The van der Waals surface area contributed by atoms with Gasteiger partial charge in [-0.1, -0.05) is 54.1 Å². The molecular formula is C31H34N2O5. The summed E-state index contributed by atoms with van der Waals surface area (Å²) in [6.07, 6.45) is 0.